The van der Waals surface area contributed by atoms with Gasteiger partial charge in [-0.3, -0.25) is 4.79 Å². The van der Waals surface area contributed by atoms with Crippen molar-refractivity contribution in [3.8, 4) is 5.75 Å². The molecule has 1 aromatic rings. The quantitative estimate of drug-likeness (QED) is 0.808. The molecule has 1 aromatic carbocycles. The molecule has 0 aliphatic heterocycles. The fraction of sp³-hybridized carbons (Fsp3) is 0.385. The number of ether oxygens (including phenoxy) is 1. The smallest absolute Gasteiger partial charge is 0.260 e. The summed E-state index contributed by atoms with van der Waals surface area (Å²) in [6.45, 7) is 4.76. The molecule has 6 heteroatoms. The van der Waals surface area contributed by atoms with E-state index in [-0.39, 0.29) is 23.3 Å². The largest absolute Gasteiger partial charge is 0.481 e. The number of nitrogens with two attached hydrogens (primary N) is 1. The van der Waals surface area contributed by atoms with Crippen molar-refractivity contribution >= 4 is 23.1 Å². The second-order valence-electron chi connectivity index (χ2n) is 3.86. The first-order valence-corrected chi connectivity index (χ1v) is 6.40. The van der Waals surface area contributed by atoms with Gasteiger partial charge in [0.05, 0.1) is 0 Å². The van der Waals surface area contributed by atoms with Crippen LogP contribution in [0, 0.1) is 5.82 Å². The van der Waals surface area contributed by atoms with Crippen LogP contribution in [0.4, 0.5) is 4.39 Å². The van der Waals surface area contributed by atoms with Gasteiger partial charge >= 0.3 is 0 Å². The first-order valence-electron chi connectivity index (χ1n) is 5.99. The van der Waals surface area contributed by atoms with Gasteiger partial charge in [0.1, 0.15) is 4.99 Å². The molecule has 0 heterocycles. The molecule has 1 rings (SSSR count). The first kappa shape index (κ1) is 15.4. The Hall–Kier alpha value is -1.69. The Morgan fingerprint density at radius 2 is 2.05 bits per heavy atom. The summed E-state index contributed by atoms with van der Waals surface area (Å²) in [4.78, 5) is 13.4. The Balaban J connectivity index is 2.68. The molecule has 0 saturated carbocycles. The zero-order chi connectivity index (χ0) is 14.4. The van der Waals surface area contributed by atoms with Gasteiger partial charge in [-0.15, -0.1) is 0 Å². The lowest BCUT2D eigenvalue weighted by molar-refractivity contribution is -0.133. The number of rotatable bonds is 6. The van der Waals surface area contributed by atoms with Gasteiger partial charge in [-0.2, -0.15) is 0 Å². The van der Waals surface area contributed by atoms with Gasteiger partial charge in [0.15, 0.2) is 18.2 Å². The molecule has 0 unspecified atom stereocenters. The van der Waals surface area contributed by atoms with Gasteiger partial charge in [0.2, 0.25) is 0 Å². The number of amides is 1. The Morgan fingerprint density at radius 1 is 1.42 bits per heavy atom. The minimum atomic E-state index is -0.586. The van der Waals surface area contributed by atoms with Crippen LogP contribution in [0.15, 0.2) is 18.2 Å². The highest BCUT2D eigenvalue weighted by atomic mass is 32.1. The molecular weight excluding hydrogens is 267 g/mol. The number of carbonyl (C=O) groups is 1. The molecule has 0 aliphatic carbocycles. The molecule has 0 saturated heterocycles. The number of nitrogens with zero attached hydrogens (tertiary/aromatic N) is 1. The number of likely N-dealkylation sites (N-methyl/N-ethyl adjacent to an activating group) is 1. The van der Waals surface area contributed by atoms with Crippen molar-refractivity contribution in [3.05, 3.63) is 29.6 Å². The molecule has 0 radical (unpaired) electrons. The highest BCUT2D eigenvalue weighted by Gasteiger charge is 2.12. The summed E-state index contributed by atoms with van der Waals surface area (Å²) in [6, 6.07) is 4.17. The van der Waals surface area contributed by atoms with E-state index >= 15 is 0 Å². The highest BCUT2D eigenvalue weighted by Crippen LogP contribution is 2.18. The molecule has 104 valence electrons. The maximum Gasteiger partial charge on any atom is 0.260 e. The van der Waals surface area contributed by atoms with Gasteiger partial charge in [-0.1, -0.05) is 12.2 Å². The average Bonchev–Trinajstić information content (AvgIpc) is 2.38. The molecule has 4 nitrogen and oxygen atoms in total. The maximum atomic E-state index is 13.7. The number of halogens is 1. The lowest BCUT2D eigenvalue weighted by atomic mass is 10.2. The van der Waals surface area contributed by atoms with Gasteiger partial charge in [-0.25, -0.2) is 4.39 Å². The fourth-order valence-corrected chi connectivity index (χ4v) is 1.71. The van der Waals surface area contributed by atoms with Crippen molar-refractivity contribution < 1.29 is 13.9 Å². The summed E-state index contributed by atoms with van der Waals surface area (Å²) >= 11 is 4.75. The van der Waals surface area contributed by atoms with Crippen molar-refractivity contribution in [2.24, 2.45) is 5.73 Å². The number of hydrogen-bond donors (Lipinski definition) is 1. The van der Waals surface area contributed by atoms with Gasteiger partial charge < -0.3 is 15.4 Å². The lowest BCUT2D eigenvalue weighted by Crippen LogP contribution is -2.34. The van der Waals surface area contributed by atoms with Crippen LogP contribution in [0.2, 0.25) is 0 Å². The third kappa shape index (κ3) is 4.17. The predicted molar refractivity (Wildman–Crippen MR) is 75.7 cm³/mol. The first-order chi connectivity index (χ1) is 8.99. The zero-order valence-electron chi connectivity index (χ0n) is 11.0. The number of thiocarbonyl (C=S) groups is 1. The van der Waals surface area contributed by atoms with Crippen LogP contribution in [0.3, 0.4) is 0 Å². The van der Waals surface area contributed by atoms with Gasteiger partial charge in [0, 0.05) is 18.7 Å². The topological polar surface area (TPSA) is 55.6 Å². The molecule has 2 N–H and O–H groups in total. The molecule has 0 aliphatic rings. The normalized spacial score (nSPS) is 10.1. The summed E-state index contributed by atoms with van der Waals surface area (Å²) in [5.41, 5.74) is 5.82. The standard InChI is InChI=1S/C13H17FN2O2S/c1-3-16(4-2)12(17)8-18-11-6-5-9(13(15)19)7-10(11)14/h5-7H,3-4,8H2,1-2H3,(H2,15,19). The monoisotopic (exact) mass is 284 g/mol. The molecule has 0 fully saturated rings. The van der Waals surface area contributed by atoms with E-state index in [4.69, 9.17) is 22.7 Å². The molecule has 0 spiro atoms. The third-order valence-electron chi connectivity index (χ3n) is 2.68. The molecule has 1 amide bonds. The fourth-order valence-electron chi connectivity index (χ4n) is 1.58. The second kappa shape index (κ2) is 7.04. The van der Waals surface area contributed by atoms with Crippen LogP contribution in [-0.4, -0.2) is 35.5 Å². The molecule has 0 aromatic heterocycles. The van der Waals surface area contributed by atoms with E-state index in [1.54, 1.807) is 11.0 Å². The summed E-state index contributed by atoms with van der Waals surface area (Å²) < 4.78 is 18.8. The summed E-state index contributed by atoms with van der Waals surface area (Å²) in [7, 11) is 0. The van der Waals surface area contributed by atoms with Crippen LogP contribution in [0.5, 0.6) is 5.75 Å². The van der Waals surface area contributed by atoms with Gasteiger partial charge in [-0.05, 0) is 32.0 Å². The van der Waals surface area contributed by atoms with E-state index in [9.17, 15) is 9.18 Å². The van der Waals surface area contributed by atoms with E-state index in [1.807, 2.05) is 13.8 Å². The lowest BCUT2D eigenvalue weighted by Gasteiger charge is -2.18. The van der Waals surface area contributed by atoms with Crippen molar-refractivity contribution in [2.75, 3.05) is 19.7 Å². The minimum absolute atomic E-state index is 0.0144. The van der Waals surface area contributed by atoms with Crippen LogP contribution in [0.25, 0.3) is 0 Å². The Labute approximate surface area is 117 Å². The predicted octanol–water partition coefficient (Wildman–Crippen LogP) is 1.71. The van der Waals surface area contributed by atoms with E-state index in [1.165, 1.54) is 12.1 Å². The highest BCUT2D eigenvalue weighted by molar-refractivity contribution is 7.80. The number of carbonyl (C=O) groups excluding carboxylic acids is 1. The van der Waals surface area contributed by atoms with Crippen LogP contribution in [0.1, 0.15) is 19.4 Å². The SMILES string of the molecule is CCN(CC)C(=O)COc1ccc(C(N)=S)cc1F. The summed E-state index contributed by atoms with van der Waals surface area (Å²) in [5.74, 6) is -0.749. The van der Waals surface area contributed by atoms with Crippen LogP contribution >= 0.6 is 12.2 Å². The van der Waals surface area contributed by atoms with Crippen molar-refractivity contribution in [3.63, 3.8) is 0 Å². The molecule has 0 atom stereocenters. The second-order valence-corrected chi connectivity index (χ2v) is 4.30. The Morgan fingerprint density at radius 3 is 2.53 bits per heavy atom. The zero-order valence-corrected chi connectivity index (χ0v) is 11.8. The number of hydrogen-bond acceptors (Lipinski definition) is 3. The maximum absolute atomic E-state index is 13.7. The summed E-state index contributed by atoms with van der Waals surface area (Å²) in [6.07, 6.45) is 0. The minimum Gasteiger partial charge on any atom is -0.481 e. The Kier molecular flexibility index (Phi) is 5.69. The Bertz CT molecular complexity index is 476. The van der Waals surface area contributed by atoms with E-state index in [0.717, 1.165) is 0 Å². The van der Waals surface area contributed by atoms with Crippen molar-refractivity contribution in [1.29, 1.82) is 0 Å². The molecular formula is C13H17FN2O2S. The van der Waals surface area contributed by atoms with Crippen LogP contribution in [-0.2, 0) is 4.79 Å². The molecule has 0 bridgehead atoms. The van der Waals surface area contributed by atoms with Crippen LogP contribution < -0.4 is 10.5 Å². The average molecular weight is 284 g/mol. The van der Waals surface area contributed by atoms with Gasteiger partial charge in [0.25, 0.3) is 5.91 Å². The summed E-state index contributed by atoms with van der Waals surface area (Å²) in [5, 5.41) is 0. The molecule has 19 heavy (non-hydrogen) atoms. The number of benzene rings is 1. The van der Waals surface area contributed by atoms with E-state index in [2.05, 4.69) is 0 Å². The van der Waals surface area contributed by atoms with E-state index < -0.39 is 5.82 Å². The van der Waals surface area contributed by atoms with Crippen molar-refractivity contribution in [2.45, 2.75) is 13.8 Å². The van der Waals surface area contributed by atoms with Crippen molar-refractivity contribution in [1.82, 2.24) is 4.90 Å². The third-order valence-corrected chi connectivity index (χ3v) is 2.92. The van der Waals surface area contributed by atoms with E-state index in [0.29, 0.717) is 18.7 Å².